The number of alkyl halides is 2. The van der Waals surface area contributed by atoms with E-state index in [1.165, 1.54) is 4.90 Å². The maximum absolute atomic E-state index is 13.6. The average Bonchev–Trinajstić information content (AvgIpc) is 3.23. The first-order chi connectivity index (χ1) is 13.7. The first-order valence-corrected chi connectivity index (χ1v) is 9.94. The van der Waals surface area contributed by atoms with Gasteiger partial charge in [0.1, 0.15) is 6.04 Å². The highest BCUT2D eigenvalue weighted by Crippen LogP contribution is 2.40. The Labute approximate surface area is 166 Å². The van der Waals surface area contributed by atoms with Crippen molar-refractivity contribution >= 4 is 11.8 Å². The number of aliphatic hydroxyl groups is 1. The van der Waals surface area contributed by atoms with Crippen molar-refractivity contribution in [1.82, 2.24) is 19.9 Å². The number of piperidine rings is 1. The van der Waals surface area contributed by atoms with Crippen LogP contribution in [-0.2, 0) is 9.59 Å². The number of hydrogen-bond acceptors (Lipinski definition) is 7. The van der Waals surface area contributed by atoms with Gasteiger partial charge >= 0.3 is 0 Å². The van der Waals surface area contributed by atoms with E-state index in [9.17, 15) is 23.5 Å². The number of amides is 2. The third-order valence-electron chi connectivity index (χ3n) is 5.66. The molecule has 0 unspecified atom stereocenters. The number of rotatable bonds is 6. The van der Waals surface area contributed by atoms with Gasteiger partial charge in [-0.05, 0) is 12.8 Å². The monoisotopic (exact) mass is 413 g/mol. The number of nitrogens with zero attached hydrogens (tertiary/aromatic N) is 4. The molecule has 1 saturated carbocycles. The van der Waals surface area contributed by atoms with E-state index in [1.54, 1.807) is 0 Å². The summed E-state index contributed by atoms with van der Waals surface area (Å²) in [7, 11) is 0. The van der Waals surface area contributed by atoms with Crippen LogP contribution >= 0.6 is 0 Å². The van der Waals surface area contributed by atoms with E-state index < -0.39 is 37.1 Å². The van der Waals surface area contributed by atoms with Crippen LogP contribution in [0.4, 0.5) is 8.78 Å². The minimum Gasteiger partial charge on any atom is -0.391 e. The Kier molecular flexibility index (Phi) is 5.28. The molecule has 9 nitrogen and oxygen atoms in total. The Morgan fingerprint density at radius 2 is 2.17 bits per heavy atom. The molecule has 0 radical (unpaired) electrons. The van der Waals surface area contributed by atoms with Crippen LogP contribution in [0.3, 0.4) is 0 Å². The zero-order valence-electron chi connectivity index (χ0n) is 16.0. The summed E-state index contributed by atoms with van der Waals surface area (Å²) in [5, 5.41) is 14.0. The first-order valence-electron chi connectivity index (χ1n) is 9.94. The zero-order valence-corrected chi connectivity index (χ0v) is 16.0. The summed E-state index contributed by atoms with van der Waals surface area (Å²) in [4.78, 5) is 31.5. The number of hydrogen-bond donors (Lipinski definition) is 2. The van der Waals surface area contributed by atoms with Crippen molar-refractivity contribution in [3.05, 3.63) is 11.7 Å². The molecular weight excluding hydrogens is 388 g/mol. The molecule has 1 aromatic rings. The van der Waals surface area contributed by atoms with E-state index in [2.05, 4.69) is 10.1 Å². The maximum Gasteiger partial charge on any atom is 0.265 e. The molecule has 160 valence electrons. The van der Waals surface area contributed by atoms with Crippen LogP contribution in [0, 0.1) is 0 Å². The molecule has 0 aromatic carbocycles. The van der Waals surface area contributed by atoms with Gasteiger partial charge in [-0.25, -0.2) is 8.78 Å². The third kappa shape index (κ3) is 4.55. The first kappa shape index (κ1) is 20.1. The molecule has 3 aliphatic rings. The lowest BCUT2D eigenvalue weighted by Crippen LogP contribution is -2.51. The SMILES string of the molecule is N[C@@H](CC(=O)N1C[C@H](O)C[C@H]1c1nc(C2CC2)no1)CN1CC(F)(F)CCC1=O. The number of nitrogens with two attached hydrogens (primary N) is 1. The van der Waals surface area contributed by atoms with Gasteiger partial charge in [0, 0.05) is 50.7 Å². The quantitative estimate of drug-likeness (QED) is 0.698. The van der Waals surface area contributed by atoms with Crippen molar-refractivity contribution in [2.75, 3.05) is 19.6 Å². The summed E-state index contributed by atoms with van der Waals surface area (Å²) in [6, 6.07) is -1.32. The van der Waals surface area contributed by atoms with E-state index in [-0.39, 0.29) is 50.1 Å². The number of halogens is 2. The van der Waals surface area contributed by atoms with E-state index in [0.717, 1.165) is 17.7 Å². The Balaban J connectivity index is 1.37. The molecule has 2 aliphatic heterocycles. The Morgan fingerprint density at radius 3 is 2.90 bits per heavy atom. The van der Waals surface area contributed by atoms with Crippen molar-refractivity contribution in [2.45, 2.75) is 68.6 Å². The fourth-order valence-electron chi connectivity index (χ4n) is 3.96. The van der Waals surface area contributed by atoms with Crippen LogP contribution in [-0.4, -0.2) is 74.6 Å². The smallest absolute Gasteiger partial charge is 0.265 e. The summed E-state index contributed by atoms with van der Waals surface area (Å²) in [5.41, 5.74) is 5.99. The lowest BCUT2D eigenvalue weighted by atomic mass is 10.0. The van der Waals surface area contributed by atoms with Crippen LogP contribution in [0.25, 0.3) is 0 Å². The summed E-state index contributed by atoms with van der Waals surface area (Å²) in [6.45, 7) is -0.684. The Hall–Kier alpha value is -2.14. The van der Waals surface area contributed by atoms with Gasteiger partial charge in [0.2, 0.25) is 17.7 Å². The summed E-state index contributed by atoms with van der Waals surface area (Å²) in [6.07, 6.45) is 0.757. The lowest BCUT2D eigenvalue weighted by Gasteiger charge is -2.34. The highest BCUT2D eigenvalue weighted by molar-refractivity contribution is 5.79. The number of carbonyl (C=O) groups excluding carboxylic acids is 2. The minimum atomic E-state index is -2.93. The molecule has 1 aliphatic carbocycles. The van der Waals surface area contributed by atoms with Crippen LogP contribution < -0.4 is 5.73 Å². The van der Waals surface area contributed by atoms with Crippen LogP contribution in [0.5, 0.6) is 0 Å². The maximum atomic E-state index is 13.6. The van der Waals surface area contributed by atoms with E-state index in [0.29, 0.717) is 11.7 Å². The van der Waals surface area contributed by atoms with Gasteiger partial charge in [0.05, 0.1) is 12.6 Å². The van der Waals surface area contributed by atoms with Crippen molar-refractivity contribution in [2.24, 2.45) is 5.73 Å². The number of aromatic nitrogens is 2. The second kappa shape index (κ2) is 7.60. The van der Waals surface area contributed by atoms with Crippen LogP contribution in [0.2, 0.25) is 0 Å². The van der Waals surface area contributed by atoms with Gasteiger partial charge in [-0.1, -0.05) is 5.16 Å². The lowest BCUT2D eigenvalue weighted by molar-refractivity contribution is -0.148. The van der Waals surface area contributed by atoms with Crippen LogP contribution in [0.1, 0.15) is 62.2 Å². The normalized spacial score (nSPS) is 28.1. The fraction of sp³-hybridized carbons (Fsp3) is 0.778. The largest absolute Gasteiger partial charge is 0.391 e. The van der Waals surface area contributed by atoms with E-state index in [1.807, 2.05) is 0 Å². The predicted octanol–water partition coefficient (Wildman–Crippen LogP) is 0.556. The number of β-amino-alcohol motifs (C(OH)–C–C–N with tert-alkyl or cyclic N) is 1. The van der Waals surface area contributed by atoms with Gasteiger partial charge in [-0.2, -0.15) is 4.98 Å². The number of carbonyl (C=O) groups is 2. The Morgan fingerprint density at radius 1 is 1.41 bits per heavy atom. The van der Waals surface area contributed by atoms with Crippen molar-refractivity contribution in [1.29, 1.82) is 0 Å². The van der Waals surface area contributed by atoms with E-state index >= 15 is 0 Å². The average molecular weight is 413 g/mol. The third-order valence-corrected chi connectivity index (χ3v) is 5.66. The molecule has 0 spiro atoms. The zero-order chi connectivity index (χ0) is 20.8. The molecular formula is C18H25F2N5O4. The molecule has 3 heterocycles. The summed E-state index contributed by atoms with van der Waals surface area (Å²) in [5.74, 6) is -2.45. The molecule has 1 aromatic heterocycles. The molecule has 2 saturated heterocycles. The molecule has 2 amide bonds. The molecule has 11 heteroatoms. The summed E-state index contributed by atoms with van der Waals surface area (Å²) < 4.78 is 32.4. The summed E-state index contributed by atoms with van der Waals surface area (Å²) >= 11 is 0. The van der Waals surface area contributed by atoms with Gasteiger partial charge in [0.15, 0.2) is 5.82 Å². The second-order valence-electron chi connectivity index (χ2n) is 8.31. The molecule has 3 N–H and O–H groups in total. The molecule has 29 heavy (non-hydrogen) atoms. The van der Waals surface area contributed by atoms with Crippen LogP contribution in [0.15, 0.2) is 4.52 Å². The second-order valence-corrected chi connectivity index (χ2v) is 8.31. The van der Waals surface area contributed by atoms with Gasteiger partial charge in [-0.3, -0.25) is 9.59 Å². The molecule has 4 rings (SSSR count). The fourth-order valence-corrected chi connectivity index (χ4v) is 3.96. The molecule has 0 bridgehead atoms. The highest BCUT2D eigenvalue weighted by atomic mass is 19.3. The number of likely N-dealkylation sites (tertiary alicyclic amines) is 2. The topological polar surface area (TPSA) is 126 Å². The standard InChI is InChI=1S/C18H25F2N5O4/c19-18(20)4-3-14(27)24(9-18)7-11(21)5-15(28)25-8-12(26)6-13(25)17-22-16(23-29-17)10-1-2-10/h10-13,26H,1-9,21H2/t11-,12+,13-/m0/s1. The van der Waals surface area contributed by atoms with E-state index in [4.69, 9.17) is 10.3 Å². The van der Waals surface area contributed by atoms with Crippen molar-refractivity contribution < 1.29 is 28.0 Å². The van der Waals surface area contributed by atoms with Crippen molar-refractivity contribution in [3.63, 3.8) is 0 Å². The predicted molar refractivity (Wildman–Crippen MR) is 94.7 cm³/mol. The van der Waals surface area contributed by atoms with Gasteiger partial charge in [-0.15, -0.1) is 0 Å². The minimum absolute atomic E-state index is 0.109. The van der Waals surface area contributed by atoms with Gasteiger partial charge in [0.25, 0.3) is 5.92 Å². The van der Waals surface area contributed by atoms with Gasteiger partial charge < -0.3 is 25.2 Å². The molecule has 3 atom stereocenters. The highest BCUT2D eigenvalue weighted by Gasteiger charge is 2.42. The number of aliphatic hydroxyl groups excluding tert-OH is 1. The Bertz CT molecular complexity index is 784. The van der Waals surface area contributed by atoms with Crippen molar-refractivity contribution in [3.8, 4) is 0 Å². The molecule has 3 fully saturated rings.